The van der Waals surface area contributed by atoms with Gasteiger partial charge in [0, 0.05) is 25.7 Å². The molecule has 0 saturated heterocycles. The summed E-state index contributed by atoms with van der Waals surface area (Å²) in [5.41, 5.74) is 0. The number of rotatable bonds is 4. The van der Waals surface area contributed by atoms with Gasteiger partial charge in [0.05, 0.1) is 11.8 Å². The first-order chi connectivity index (χ1) is 9.73. The number of aliphatic carboxylic acids is 2. The van der Waals surface area contributed by atoms with Gasteiger partial charge in [0.2, 0.25) is 0 Å². The lowest BCUT2D eigenvalue weighted by Crippen LogP contribution is -2.50. The molecule has 0 amide bonds. The Morgan fingerprint density at radius 1 is 0.810 bits per heavy atom. The summed E-state index contributed by atoms with van der Waals surface area (Å²) in [7, 11) is 0. The number of carbonyl (C=O) groups excluding carboxylic acids is 2. The minimum absolute atomic E-state index is 0.240. The van der Waals surface area contributed by atoms with Crippen molar-refractivity contribution in [3.8, 4) is 0 Å². The number of fused-ring (bicyclic) bond motifs is 2. The van der Waals surface area contributed by atoms with Crippen LogP contribution in [0.4, 0.5) is 0 Å². The molecule has 2 aliphatic carbocycles. The van der Waals surface area contributed by atoms with Gasteiger partial charge in [0.15, 0.2) is 0 Å². The number of ether oxygens (including phenoxy) is 2. The third-order valence-corrected chi connectivity index (χ3v) is 4.20. The van der Waals surface area contributed by atoms with E-state index in [1.165, 1.54) is 13.8 Å². The van der Waals surface area contributed by atoms with Gasteiger partial charge in [-0.3, -0.25) is 19.2 Å². The summed E-state index contributed by atoms with van der Waals surface area (Å²) in [4.78, 5) is 45.1. The molecule has 6 atom stereocenters. The van der Waals surface area contributed by atoms with Crippen LogP contribution in [-0.4, -0.2) is 46.3 Å². The van der Waals surface area contributed by atoms with E-state index in [4.69, 9.17) is 9.47 Å². The fraction of sp³-hybridized carbons (Fsp3) is 0.692. The highest BCUT2D eigenvalue weighted by Crippen LogP contribution is 2.54. The Bertz CT molecular complexity index is 450. The highest BCUT2D eigenvalue weighted by atomic mass is 16.6. The Morgan fingerprint density at radius 3 is 1.38 bits per heavy atom. The standard InChI is InChI=1S/C13H16O8/c1-4(14)20-10-6-3-7(11(10)21-5(2)15)9(13(18)19)8(6)12(16)17/h6-11H,3H2,1-2H3,(H,16,17)(H,18,19). The average molecular weight is 300 g/mol. The van der Waals surface area contributed by atoms with Gasteiger partial charge in [-0.15, -0.1) is 0 Å². The molecule has 2 saturated carbocycles. The monoisotopic (exact) mass is 300 g/mol. The van der Waals surface area contributed by atoms with E-state index in [1.54, 1.807) is 0 Å². The maximum Gasteiger partial charge on any atom is 0.307 e. The van der Waals surface area contributed by atoms with Crippen molar-refractivity contribution in [3.05, 3.63) is 0 Å². The zero-order valence-corrected chi connectivity index (χ0v) is 11.5. The fourth-order valence-electron chi connectivity index (χ4n) is 3.67. The van der Waals surface area contributed by atoms with Crippen molar-refractivity contribution >= 4 is 23.9 Å². The third-order valence-electron chi connectivity index (χ3n) is 4.20. The van der Waals surface area contributed by atoms with Crippen molar-refractivity contribution in [2.75, 3.05) is 0 Å². The van der Waals surface area contributed by atoms with Crippen LogP contribution in [0.5, 0.6) is 0 Å². The molecule has 0 aliphatic heterocycles. The molecule has 6 unspecified atom stereocenters. The summed E-state index contributed by atoms with van der Waals surface area (Å²) >= 11 is 0. The zero-order valence-electron chi connectivity index (χ0n) is 11.5. The van der Waals surface area contributed by atoms with Crippen molar-refractivity contribution in [1.82, 2.24) is 0 Å². The van der Waals surface area contributed by atoms with Crippen LogP contribution in [0.15, 0.2) is 0 Å². The summed E-state index contributed by atoms with van der Waals surface area (Å²) in [6.45, 7) is 2.34. The number of carbonyl (C=O) groups is 4. The lowest BCUT2D eigenvalue weighted by molar-refractivity contribution is -0.183. The smallest absolute Gasteiger partial charge is 0.307 e. The largest absolute Gasteiger partial charge is 0.481 e. The molecule has 2 fully saturated rings. The Balaban J connectivity index is 2.34. The first kappa shape index (κ1) is 15.3. The summed E-state index contributed by atoms with van der Waals surface area (Å²) in [6.07, 6.45) is -1.58. The van der Waals surface area contributed by atoms with Crippen LogP contribution in [0.2, 0.25) is 0 Å². The predicted molar refractivity (Wildman–Crippen MR) is 65.0 cm³/mol. The van der Waals surface area contributed by atoms with Crippen molar-refractivity contribution < 1.29 is 38.9 Å². The second-order valence-corrected chi connectivity index (χ2v) is 5.44. The molecule has 2 N–H and O–H groups in total. The zero-order chi connectivity index (χ0) is 15.9. The SMILES string of the molecule is CC(=O)OC1C2CC(C1OC(C)=O)C(C(=O)O)C2C(=O)O. The minimum Gasteiger partial charge on any atom is -0.481 e. The van der Waals surface area contributed by atoms with Crippen LogP contribution in [0.1, 0.15) is 20.3 Å². The fourth-order valence-corrected chi connectivity index (χ4v) is 3.67. The lowest BCUT2D eigenvalue weighted by atomic mass is 9.76. The molecule has 0 radical (unpaired) electrons. The van der Waals surface area contributed by atoms with Gasteiger partial charge in [0.25, 0.3) is 0 Å². The Kier molecular flexibility index (Phi) is 3.89. The van der Waals surface area contributed by atoms with Crippen molar-refractivity contribution in [2.45, 2.75) is 32.5 Å². The molecule has 0 aromatic carbocycles. The van der Waals surface area contributed by atoms with Gasteiger partial charge >= 0.3 is 23.9 Å². The van der Waals surface area contributed by atoms with Crippen LogP contribution >= 0.6 is 0 Å². The Labute approximate surface area is 120 Å². The maximum atomic E-state index is 11.4. The molecule has 2 rings (SSSR count). The third kappa shape index (κ3) is 2.57. The first-order valence-corrected chi connectivity index (χ1v) is 6.54. The molecular formula is C13H16O8. The molecule has 0 aromatic heterocycles. The second kappa shape index (κ2) is 5.34. The average Bonchev–Trinajstić information content (AvgIpc) is 2.85. The van der Waals surface area contributed by atoms with E-state index in [0.717, 1.165) is 0 Å². The number of carboxylic acids is 2. The van der Waals surface area contributed by atoms with Crippen LogP contribution in [0.25, 0.3) is 0 Å². The first-order valence-electron chi connectivity index (χ1n) is 6.54. The van der Waals surface area contributed by atoms with Gasteiger partial charge in [0.1, 0.15) is 12.2 Å². The summed E-state index contributed by atoms with van der Waals surface area (Å²) < 4.78 is 10.2. The lowest BCUT2D eigenvalue weighted by Gasteiger charge is -2.36. The van der Waals surface area contributed by atoms with E-state index in [0.29, 0.717) is 0 Å². The van der Waals surface area contributed by atoms with Crippen LogP contribution in [0.3, 0.4) is 0 Å². The molecule has 2 bridgehead atoms. The second-order valence-electron chi connectivity index (χ2n) is 5.44. The van der Waals surface area contributed by atoms with E-state index in [2.05, 4.69) is 0 Å². The number of esters is 2. The maximum absolute atomic E-state index is 11.4. The molecule has 8 nitrogen and oxygen atoms in total. The molecule has 0 aromatic rings. The van der Waals surface area contributed by atoms with E-state index >= 15 is 0 Å². The molecule has 0 spiro atoms. The Morgan fingerprint density at radius 2 is 1.14 bits per heavy atom. The summed E-state index contributed by atoms with van der Waals surface area (Å²) in [6, 6.07) is 0. The van der Waals surface area contributed by atoms with Crippen molar-refractivity contribution in [3.63, 3.8) is 0 Å². The number of hydrogen-bond donors (Lipinski definition) is 2. The molecule has 2 aliphatic rings. The van der Waals surface area contributed by atoms with Crippen LogP contribution in [-0.2, 0) is 28.7 Å². The number of carboxylic acid groups (broad SMARTS) is 2. The van der Waals surface area contributed by atoms with Gasteiger partial charge in [-0.25, -0.2) is 0 Å². The Hall–Kier alpha value is -2.12. The summed E-state index contributed by atoms with van der Waals surface area (Å²) in [5, 5.41) is 18.5. The van der Waals surface area contributed by atoms with Gasteiger partial charge in [-0.2, -0.15) is 0 Å². The molecule has 21 heavy (non-hydrogen) atoms. The van der Waals surface area contributed by atoms with Crippen LogP contribution < -0.4 is 0 Å². The molecular weight excluding hydrogens is 284 g/mol. The van der Waals surface area contributed by atoms with Gasteiger partial charge in [-0.05, 0) is 6.42 Å². The predicted octanol–water partition coefficient (Wildman–Crippen LogP) is -0.0989. The van der Waals surface area contributed by atoms with Crippen molar-refractivity contribution in [1.29, 1.82) is 0 Å². The highest BCUT2D eigenvalue weighted by molar-refractivity contribution is 5.82. The van der Waals surface area contributed by atoms with Gasteiger partial charge in [-0.1, -0.05) is 0 Å². The summed E-state index contributed by atoms with van der Waals surface area (Å²) in [5.74, 6) is -7.36. The highest BCUT2D eigenvalue weighted by Gasteiger charge is 2.65. The van der Waals surface area contributed by atoms with Crippen molar-refractivity contribution in [2.24, 2.45) is 23.7 Å². The minimum atomic E-state index is -1.24. The van der Waals surface area contributed by atoms with E-state index < -0.39 is 59.8 Å². The van der Waals surface area contributed by atoms with Crippen LogP contribution in [0, 0.1) is 23.7 Å². The number of hydrogen-bond acceptors (Lipinski definition) is 6. The van der Waals surface area contributed by atoms with E-state index in [9.17, 15) is 29.4 Å². The molecule has 0 heterocycles. The topological polar surface area (TPSA) is 127 Å². The molecule has 116 valence electrons. The van der Waals surface area contributed by atoms with Gasteiger partial charge < -0.3 is 19.7 Å². The molecule has 8 heteroatoms. The van der Waals surface area contributed by atoms with E-state index in [1.807, 2.05) is 0 Å². The van der Waals surface area contributed by atoms with E-state index in [-0.39, 0.29) is 6.42 Å². The quantitative estimate of drug-likeness (QED) is 0.689. The normalized spacial score (nSPS) is 37.0.